The molecule has 108 valence electrons. The quantitative estimate of drug-likeness (QED) is 0.837. The van der Waals surface area contributed by atoms with Crippen molar-refractivity contribution in [2.45, 2.75) is 25.3 Å². The van der Waals surface area contributed by atoms with E-state index in [1.165, 1.54) is 11.1 Å². The molecule has 0 spiro atoms. The normalized spacial score (nSPS) is 17.1. The highest BCUT2D eigenvalue weighted by atomic mass is 35.5. The van der Waals surface area contributed by atoms with Crippen LogP contribution in [0.2, 0.25) is 5.02 Å². The van der Waals surface area contributed by atoms with E-state index in [0.29, 0.717) is 16.3 Å². The number of amides is 1. The molecule has 1 aliphatic rings. The first-order valence-corrected chi connectivity index (χ1v) is 7.44. The summed E-state index contributed by atoms with van der Waals surface area (Å²) in [5, 5.41) is 3.45. The van der Waals surface area contributed by atoms with Crippen LogP contribution >= 0.6 is 11.6 Å². The molecule has 21 heavy (non-hydrogen) atoms. The largest absolute Gasteiger partial charge is 0.398 e. The summed E-state index contributed by atoms with van der Waals surface area (Å²) in [4.78, 5) is 12.4. The molecule has 3 rings (SSSR count). The van der Waals surface area contributed by atoms with Crippen molar-refractivity contribution < 1.29 is 4.79 Å². The predicted molar refractivity (Wildman–Crippen MR) is 85.6 cm³/mol. The van der Waals surface area contributed by atoms with Gasteiger partial charge >= 0.3 is 0 Å². The smallest absolute Gasteiger partial charge is 0.255 e. The number of fused-ring (bicyclic) bond motifs is 1. The minimum atomic E-state index is -0.192. The van der Waals surface area contributed by atoms with E-state index < -0.39 is 0 Å². The van der Waals surface area contributed by atoms with Crippen molar-refractivity contribution >= 4 is 23.2 Å². The summed E-state index contributed by atoms with van der Waals surface area (Å²) in [5.74, 6) is -0.192. The van der Waals surface area contributed by atoms with Crippen molar-refractivity contribution in [3.05, 3.63) is 64.2 Å². The molecular weight excluding hydrogens is 284 g/mol. The van der Waals surface area contributed by atoms with Crippen LogP contribution in [-0.4, -0.2) is 11.9 Å². The van der Waals surface area contributed by atoms with Gasteiger partial charge in [0.1, 0.15) is 0 Å². The first-order valence-electron chi connectivity index (χ1n) is 7.07. The van der Waals surface area contributed by atoms with Gasteiger partial charge in [0.15, 0.2) is 0 Å². The van der Waals surface area contributed by atoms with Crippen molar-refractivity contribution in [1.29, 1.82) is 0 Å². The standard InChI is InChI=1S/C17H17ClN2O/c18-14-6-3-7-15(19)16(14)17(21)20-13-9-8-11-4-1-2-5-12(11)10-13/h1-7,13H,8-10,19H2,(H,20,21). The molecule has 2 aromatic carbocycles. The first kappa shape index (κ1) is 14.0. The highest BCUT2D eigenvalue weighted by molar-refractivity contribution is 6.34. The van der Waals surface area contributed by atoms with Crippen molar-refractivity contribution in [3.63, 3.8) is 0 Å². The molecule has 0 saturated carbocycles. The second-order valence-electron chi connectivity index (χ2n) is 5.39. The summed E-state index contributed by atoms with van der Waals surface area (Å²) in [7, 11) is 0. The number of rotatable bonds is 2. The Balaban J connectivity index is 1.75. The Morgan fingerprint density at radius 3 is 2.67 bits per heavy atom. The summed E-state index contributed by atoms with van der Waals surface area (Å²) < 4.78 is 0. The Morgan fingerprint density at radius 2 is 1.90 bits per heavy atom. The number of nitrogens with one attached hydrogen (secondary N) is 1. The molecule has 0 bridgehead atoms. The zero-order chi connectivity index (χ0) is 14.8. The van der Waals surface area contributed by atoms with Gasteiger partial charge in [-0.3, -0.25) is 4.79 Å². The fourth-order valence-electron chi connectivity index (χ4n) is 2.86. The van der Waals surface area contributed by atoms with Gasteiger partial charge in [-0.15, -0.1) is 0 Å². The van der Waals surface area contributed by atoms with Crippen LogP contribution in [0.15, 0.2) is 42.5 Å². The molecule has 3 N–H and O–H groups in total. The molecular formula is C17H17ClN2O. The van der Waals surface area contributed by atoms with Gasteiger partial charge in [-0.2, -0.15) is 0 Å². The van der Waals surface area contributed by atoms with E-state index >= 15 is 0 Å². The molecule has 3 nitrogen and oxygen atoms in total. The zero-order valence-electron chi connectivity index (χ0n) is 11.6. The number of halogens is 1. The summed E-state index contributed by atoms with van der Waals surface area (Å²) in [5.41, 5.74) is 9.33. The summed E-state index contributed by atoms with van der Waals surface area (Å²) in [6.45, 7) is 0. The van der Waals surface area contributed by atoms with E-state index in [1.807, 2.05) is 6.07 Å². The van der Waals surface area contributed by atoms with Gasteiger partial charge < -0.3 is 11.1 Å². The molecule has 1 unspecified atom stereocenters. The summed E-state index contributed by atoms with van der Waals surface area (Å²) in [6.07, 6.45) is 2.78. The average Bonchev–Trinajstić information content (AvgIpc) is 2.47. The molecule has 4 heteroatoms. The average molecular weight is 301 g/mol. The zero-order valence-corrected chi connectivity index (χ0v) is 12.4. The number of carbonyl (C=O) groups is 1. The molecule has 1 amide bonds. The van der Waals surface area contributed by atoms with E-state index in [4.69, 9.17) is 17.3 Å². The van der Waals surface area contributed by atoms with Crippen LogP contribution in [0.4, 0.5) is 5.69 Å². The number of nitrogens with two attached hydrogens (primary N) is 1. The molecule has 1 atom stereocenters. The first-order chi connectivity index (χ1) is 10.1. The second kappa shape index (κ2) is 5.78. The number of hydrogen-bond donors (Lipinski definition) is 2. The van der Waals surface area contributed by atoms with Crippen molar-refractivity contribution in [2.24, 2.45) is 0 Å². The number of aryl methyl sites for hydroxylation is 1. The third-order valence-electron chi connectivity index (χ3n) is 3.95. The third-order valence-corrected chi connectivity index (χ3v) is 4.27. The van der Waals surface area contributed by atoms with Crippen molar-refractivity contribution in [1.82, 2.24) is 5.32 Å². The van der Waals surface area contributed by atoms with Crippen LogP contribution in [0.5, 0.6) is 0 Å². The lowest BCUT2D eigenvalue weighted by Crippen LogP contribution is -2.39. The summed E-state index contributed by atoms with van der Waals surface area (Å²) >= 11 is 6.08. The Labute approximate surface area is 129 Å². The summed E-state index contributed by atoms with van der Waals surface area (Å²) in [6, 6.07) is 13.6. The molecule has 0 aliphatic heterocycles. The predicted octanol–water partition coefficient (Wildman–Crippen LogP) is 3.21. The Bertz CT molecular complexity index is 664. The number of nitrogen functional groups attached to an aromatic ring is 1. The minimum absolute atomic E-state index is 0.128. The lowest BCUT2D eigenvalue weighted by molar-refractivity contribution is 0.0934. The molecule has 2 aromatic rings. The maximum Gasteiger partial charge on any atom is 0.255 e. The highest BCUT2D eigenvalue weighted by Crippen LogP contribution is 2.24. The maximum atomic E-state index is 12.4. The van der Waals surface area contributed by atoms with E-state index in [2.05, 4.69) is 23.5 Å². The third kappa shape index (κ3) is 2.88. The Morgan fingerprint density at radius 1 is 1.14 bits per heavy atom. The molecule has 0 fully saturated rings. The van der Waals surface area contributed by atoms with Crippen LogP contribution in [0.1, 0.15) is 27.9 Å². The molecule has 0 heterocycles. The minimum Gasteiger partial charge on any atom is -0.398 e. The lowest BCUT2D eigenvalue weighted by atomic mass is 9.88. The second-order valence-corrected chi connectivity index (χ2v) is 5.79. The monoisotopic (exact) mass is 300 g/mol. The fourth-order valence-corrected chi connectivity index (χ4v) is 3.13. The lowest BCUT2D eigenvalue weighted by Gasteiger charge is -2.25. The Kier molecular flexibility index (Phi) is 3.84. The van der Waals surface area contributed by atoms with Gasteiger partial charge in [-0.25, -0.2) is 0 Å². The van der Waals surface area contributed by atoms with E-state index in [-0.39, 0.29) is 11.9 Å². The van der Waals surface area contributed by atoms with Crippen LogP contribution in [0, 0.1) is 0 Å². The van der Waals surface area contributed by atoms with Gasteiger partial charge in [-0.1, -0.05) is 41.9 Å². The fraction of sp³-hybridized carbons (Fsp3) is 0.235. The number of carbonyl (C=O) groups excluding carboxylic acids is 1. The maximum absolute atomic E-state index is 12.4. The van der Waals surface area contributed by atoms with E-state index in [9.17, 15) is 4.79 Å². The SMILES string of the molecule is Nc1cccc(Cl)c1C(=O)NC1CCc2ccccc2C1. The van der Waals surface area contributed by atoms with Gasteiger partial charge in [0, 0.05) is 11.7 Å². The Hall–Kier alpha value is -2.00. The van der Waals surface area contributed by atoms with Gasteiger partial charge in [0.25, 0.3) is 5.91 Å². The van der Waals surface area contributed by atoms with Gasteiger partial charge in [-0.05, 0) is 42.5 Å². The van der Waals surface area contributed by atoms with Crippen LogP contribution in [0.25, 0.3) is 0 Å². The number of benzene rings is 2. The molecule has 0 aromatic heterocycles. The van der Waals surface area contributed by atoms with Crippen molar-refractivity contribution in [2.75, 3.05) is 5.73 Å². The number of anilines is 1. The van der Waals surface area contributed by atoms with Crippen LogP contribution in [-0.2, 0) is 12.8 Å². The van der Waals surface area contributed by atoms with E-state index in [1.54, 1.807) is 18.2 Å². The van der Waals surface area contributed by atoms with Crippen molar-refractivity contribution in [3.8, 4) is 0 Å². The van der Waals surface area contributed by atoms with Gasteiger partial charge in [0.05, 0.1) is 10.6 Å². The van der Waals surface area contributed by atoms with E-state index in [0.717, 1.165) is 19.3 Å². The molecule has 0 radical (unpaired) electrons. The van der Waals surface area contributed by atoms with Crippen LogP contribution in [0.3, 0.4) is 0 Å². The number of hydrogen-bond acceptors (Lipinski definition) is 2. The highest BCUT2D eigenvalue weighted by Gasteiger charge is 2.22. The van der Waals surface area contributed by atoms with Gasteiger partial charge in [0.2, 0.25) is 0 Å². The molecule has 0 saturated heterocycles. The topological polar surface area (TPSA) is 55.1 Å². The van der Waals surface area contributed by atoms with Crippen LogP contribution < -0.4 is 11.1 Å². The molecule has 1 aliphatic carbocycles.